The van der Waals surface area contributed by atoms with Crippen LogP contribution < -0.4 is 0 Å². The maximum atomic E-state index is 11.1. The van der Waals surface area contributed by atoms with Gasteiger partial charge in [-0.1, -0.05) is 0 Å². The Hall–Kier alpha value is -1.14. The summed E-state index contributed by atoms with van der Waals surface area (Å²) in [6, 6.07) is 0. The average molecular weight is 219 g/mol. The van der Waals surface area contributed by atoms with Gasteiger partial charge in [0.25, 0.3) is 0 Å². The third-order valence-electron chi connectivity index (χ3n) is 1.87. The van der Waals surface area contributed by atoms with Crippen LogP contribution in [0.4, 0.5) is 0 Å². The number of unbranched alkanes of at least 4 members (excludes halogenated alkanes) is 2. The number of amides is 1. The van der Waals surface area contributed by atoms with E-state index in [0.29, 0.717) is 17.9 Å². The lowest BCUT2D eigenvalue weighted by Gasteiger charge is -2.13. The van der Waals surface area contributed by atoms with Gasteiger partial charge < -0.3 is 10.2 Å². The Morgan fingerprint density at radius 3 is 2.27 bits per heavy atom. The zero-order chi connectivity index (χ0) is 11.7. The fourth-order valence-corrected chi connectivity index (χ4v) is 1.02. The summed E-state index contributed by atoms with van der Waals surface area (Å²) in [5, 5.41) is 26.5. The molecule has 0 saturated heterocycles. The molecular formula is C9H17NO5. The van der Waals surface area contributed by atoms with Crippen LogP contribution in [0.2, 0.25) is 0 Å². The SMILES string of the molecule is O=C(O)CCC(=O)N(O)CCCCCO. The highest BCUT2D eigenvalue weighted by Crippen LogP contribution is 2.00. The normalized spacial score (nSPS) is 10.0. The number of carbonyl (C=O) groups is 2. The minimum Gasteiger partial charge on any atom is -0.481 e. The molecule has 0 saturated carbocycles. The number of nitrogens with zero attached hydrogens (tertiary/aromatic N) is 1. The van der Waals surface area contributed by atoms with Gasteiger partial charge in [-0.25, -0.2) is 5.06 Å². The number of hydroxylamine groups is 2. The number of hydrogen-bond acceptors (Lipinski definition) is 4. The van der Waals surface area contributed by atoms with E-state index >= 15 is 0 Å². The minimum atomic E-state index is -1.06. The number of hydrogen-bond donors (Lipinski definition) is 3. The molecule has 0 aromatic heterocycles. The number of rotatable bonds is 8. The standard InChI is InChI=1S/C9H17NO5/c11-7-3-1-2-6-10(15)8(12)4-5-9(13)14/h11,15H,1-7H2,(H,13,14). The first kappa shape index (κ1) is 13.9. The molecule has 0 fully saturated rings. The number of carboxylic acid groups (broad SMARTS) is 1. The molecule has 0 aliphatic heterocycles. The average Bonchev–Trinajstić information content (AvgIpc) is 2.20. The fourth-order valence-electron chi connectivity index (χ4n) is 1.02. The number of carboxylic acids is 1. The number of aliphatic hydroxyl groups is 1. The van der Waals surface area contributed by atoms with E-state index in [4.69, 9.17) is 15.4 Å². The van der Waals surface area contributed by atoms with Gasteiger partial charge in [0.2, 0.25) is 5.91 Å². The highest BCUT2D eigenvalue weighted by molar-refractivity contribution is 5.79. The number of carbonyl (C=O) groups excluding carboxylic acids is 1. The molecule has 0 radical (unpaired) electrons. The Bertz CT molecular complexity index is 207. The Labute approximate surface area is 88.1 Å². The zero-order valence-electron chi connectivity index (χ0n) is 8.56. The second-order valence-corrected chi connectivity index (χ2v) is 3.19. The molecule has 88 valence electrons. The Morgan fingerprint density at radius 2 is 1.73 bits per heavy atom. The van der Waals surface area contributed by atoms with Gasteiger partial charge in [0, 0.05) is 19.6 Å². The highest BCUT2D eigenvalue weighted by Gasteiger charge is 2.11. The maximum Gasteiger partial charge on any atom is 0.303 e. The quantitative estimate of drug-likeness (QED) is 0.308. The van der Waals surface area contributed by atoms with Crippen molar-refractivity contribution in [2.24, 2.45) is 0 Å². The minimum absolute atomic E-state index is 0.0956. The molecule has 6 heteroatoms. The van der Waals surface area contributed by atoms with Crippen molar-refractivity contribution in [1.82, 2.24) is 5.06 Å². The van der Waals surface area contributed by atoms with Crippen LogP contribution in [0.3, 0.4) is 0 Å². The van der Waals surface area contributed by atoms with Crippen molar-refractivity contribution in [3.8, 4) is 0 Å². The summed E-state index contributed by atoms with van der Waals surface area (Å²) in [6.45, 7) is 0.275. The Balaban J connectivity index is 3.55. The van der Waals surface area contributed by atoms with Crippen LogP contribution >= 0.6 is 0 Å². The molecule has 0 unspecified atom stereocenters. The molecule has 0 aromatic carbocycles. The summed E-state index contributed by atoms with van der Waals surface area (Å²) in [5.41, 5.74) is 0. The van der Waals surface area contributed by atoms with Crippen molar-refractivity contribution >= 4 is 11.9 Å². The molecule has 6 nitrogen and oxygen atoms in total. The van der Waals surface area contributed by atoms with Crippen molar-refractivity contribution < 1.29 is 25.0 Å². The van der Waals surface area contributed by atoms with Crippen molar-refractivity contribution in [3.63, 3.8) is 0 Å². The van der Waals surface area contributed by atoms with Crippen LogP contribution in [0.5, 0.6) is 0 Å². The maximum absolute atomic E-state index is 11.1. The van der Waals surface area contributed by atoms with Crippen LogP contribution in [-0.4, -0.2) is 45.5 Å². The van der Waals surface area contributed by atoms with Gasteiger partial charge in [-0.3, -0.25) is 14.8 Å². The molecule has 0 atom stereocenters. The molecule has 0 rings (SSSR count). The van der Waals surface area contributed by atoms with Crippen molar-refractivity contribution in [2.75, 3.05) is 13.2 Å². The number of aliphatic hydroxyl groups excluding tert-OH is 1. The first-order valence-corrected chi connectivity index (χ1v) is 4.90. The van der Waals surface area contributed by atoms with Crippen LogP contribution in [-0.2, 0) is 9.59 Å². The monoisotopic (exact) mass is 219 g/mol. The number of aliphatic carboxylic acids is 1. The van der Waals surface area contributed by atoms with Crippen LogP contribution in [0, 0.1) is 0 Å². The third-order valence-corrected chi connectivity index (χ3v) is 1.87. The van der Waals surface area contributed by atoms with E-state index in [1.807, 2.05) is 0 Å². The third kappa shape index (κ3) is 7.90. The smallest absolute Gasteiger partial charge is 0.303 e. The van der Waals surface area contributed by atoms with Crippen LogP contribution in [0.25, 0.3) is 0 Å². The van der Waals surface area contributed by atoms with Gasteiger partial charge in [0.05, 0.1) is 6.42 Å². The van der Waals surface area contributed by atoms with E-state index in [1.165, 1.54) is 0 Å². The van der Waals surface area contributed by atoms with Crippen molar-refractivity contribution in [3.05, 3.63) is 0 Å². The largest absolute Gasteiger partial charge is 0.481 e. The summed E-state index contributed by atoms with van der Waals surface area (Å²) in [5.74, 6) is -1.64. The van der Waals surface area contributed by atoms with E-state index in [0.717, 1.165) is 6.42 Å². The second kappa shape index (κ2) is 8.19. The van der Waals surface area contributed by atoms with E-state index in [9.17, 15) is 9.59 Å². The van der Waals surface area contributed by atoms with Crippen LogP contribution in [0.15, 0.2) is 0 Å². The Morgan fingerprint density at radius 1 is 1.07 bits per heavy atom. The van der Waals surface area contributed by atoms with Crippen molar-refractivity contribution in [1.29, 1.82) is 0 Å². The van der Waals surface area contributed by atoms with E-state index in [-0.39, 0.29) is 26.0 Å². The van der Waals surface area contributed by atoms with E-state index in [1.54, 1.807) is 0 Å². The van der Waals surface area contributed by atoms with Gasteiger partial charge in [-0.15, -0.1) is 0 Å². The van der Waals surface area contributed by atoms with Crippen molar-refractivity contribution in [2.45, 2.75) is 32.1 Å². The molecule has 0 aliphatic rings. The Kier molecular flexibility index (Phi) is 7.57. The molecule has 0 aliphatic carbocycles. The molecule has 0 heterocycles. The summed E-state index contributed by atoms with van der Waals surface area (Å²) >= 11 is 0. The first-order chi connectivity index (χ1) is 7.07. The highest BCUT2D eigenvalue weighted by atomic mass is 16.5. The molecule has 3 N–H and O–H groups in total. The van der Waals surface area contributed by atoms with E-state index in [2.05, 4.69) is 0 Å². The second-order valence-electron chi connectivity index (χ2n) is 3.19. The summed E-state index contributed by atoms with van der Waals surface area (Å²) < 4.78 is 0. The van der Waals surface area contributed by atoms with Gasteiger partial charge in [0.15, 0.2) is 0 Å². The molecule has 1 amide bonds. The van der Waals surface area contributed by atoms with Crippen LogP contribution in [0.1, 0.15) is 32.1 Å². The molecule has 0 aromatic rings. The topological polar surface area (TPSA) is 98.1 Å². The molecule has 0 spiro atoms. The lowest BCUT2D eigenvalue weighted by Crippen LogP contribution is -2.28. The fraction of sp³-hybridized carbons (Fsp3) is 0.778. The summed E-state index contributed by atoms with van der Waals surface area (Å²) in [4.78, 5) is 21.2. The first-order valence-electron chi connectivity index (χ1n) is 4.90. The van der Waals surface area contributed by atoms with Gasteiger partial charge in [0.1, 0.15) is 0 Å². The summed E-state index contributed by atoms with van der Waals surface area (Å²) in [7, 11) is 0. The van der Waals surface area contributed by atoms with Gasteiger partial charge in [-0.2, -0.15) is 0 Å². The predicted molar refractivity (Wildman–Crippen MR) is 51.3 cm³/mol. The van der Waals surface area contributed by atoms with E-state index < -0.39 is 11.9 Å². The molecule has 15 heavy (non-hydrogen) atoms. The zero-order valence-corrected chi connectivity index (χ0v) is 8.56. The molecular weight excluding hydrogens is 202 g/mol. The lowest BCUT2D eigenvalue weighted by atomic mass is 10.2. The predicted octanol–water partition coefficient (Wildman–Crippen LogP) is 0.232. The summed E-state index contributed by atoms with van der Waals surface area (Å²) in [6.07, 6.45) is 1.49. The van der Waals surface area contributed by atoms with Gasteiger partial charge in [-0.05, 0) is 19.3 Å². The lowest BCUT2D eigenvalue weighted by molar-refractivity contribution is -0.166. The molecule has 0 bridgehead atoms. The van der Waals surface area contributed by atoms with Gasteiger partial charge >= 0.3 is 5.97 Å².